The molecule has 36 heavy (non-hydrogen) atoms. The highest BCUT2D eigenvalue weighted by Gasteiger charge is 2.30. The third-order valence-corrected chi connectivity index (χ3v) is 6.15. The molecule has 1 aliphatic rings. The molecule has 8 nitrogen and oxygen atoms in total. The number of carbonyl (C=O) groups excluding carboxylic acids is 2. The molecular weight excluding hydrogens is 524 g/mol. The second kappa shape index (κ2) is 11.1. The Kier molecular flexibility index (Phi) is 9.10. The predicted molar refractivity (Wildman–Crippen MR) is 146 cm³/mol. The molecule has 0 saturated heterocycles. The lowest BCUT2D eigenvalue weighted by Gasteiger charge is -2.28. The molecule has 0 spiro atoms. The van der Waals surface area contributed by atoms with Gasteiger partial charge in [-0.3, -0.25) is 20.4 Å². The van der Waals surface area contributed by atoms with Crippen LogP contribution in [0.4, 0.5) is 0 Å². The summed E-state index contributed by atoms with van der Waals surface area (Å²) in [5, 5.41) is 19.6. The van der Waals surface area contributed by atoms with Crippen molar-refractivity contribution in [1.29, 1.82) is 5.41 Å². The summed E-state index contributed by atoms with van der Waals surface area (Å²) in [6, 6.07) is 9.24. The van der Waals surface area contributed by atoms with Crippen molar-refractivity contribution in [2.45, 2.75) is 65.5 Å². The molecule has 0 unspecified atom stereocenters. The molecule has 0 fully saturated rings. The molecular formula is C27H37BrN4O4. The number of hydrogen-bond acceptors (Lipinski definition) is 6. The molecule has 0 bridgehead atoms. The van der Waals surface area contributed by atoms with Gasteiger partial charge in [-0.1, -0.05) is 53.7 Å². The number of amidine groups is 1. The molecule has 1 aliphatic heterocycles. The highest BCUT2D eigenvalue weighted by molar-refractivity contribution is 8.93. The van der Waals surface area contributed by atoms with Gasteiger partial charge in [0.2, 0.25) is 0 Å². The molecule has 9 heteroatoms. The van der Waals surface area contributed by atoms with Crippen LogP contribution in [0.5, 0.6) is 5.75 Å². The zero-order chi connectivity index (χ0) is 26.1. The molecule has 5 N–H and O–H groups in total. The topological polar surface area (TPSA) is 129 Å². The number of nitrogens with zero attached hydrogens (tertiary/aromatic N) is 1. The first-order valence-electron chi connectivity index (χ1n) is 11.7. The average Bonchev–Trinajstić information content (AvgIpc) is 3.06. The summed E-state index contributed by atoms with van der Waals surface area (Å²) in [6.45, 7) is 12.7. The van der Waals surface area contributed by atoms with Crippen LogP contribution in [-0.2, 0) is 33.5 Å². The highest BCUT2D eigenvalue weighted by Crippen LogP contribution is 2.40. The van der Waals surface area contributed by atoms with Crippen LogP contribution in [0.1, 0.15) is 79.7 Å². The van der Waals surface area contributed by atoms with Gasteiger partial charge in [0.1, 0.15) is 18.2 Å². The maximum atomic E-state index is 13.4. The standard InChI is InChI=1S/C27H36N4O4.BrH/c1-26(2,3)20-10-18(11-21(24(20)34)27(4,5)6)22(32)13-31-12-17-8-7-16(9-19(17)25(31)28)14-35-15-23(33)30-29;/h7-11,28,34H,12-15,29H2,1-6H3,(H,30,33);1H. The van der Waals surface area contributed by atoms with Crippen molar-refractivity contribution in [2.24, 2.45) is 5.84 Å². The molecule has 2 aromatic carbocycles. The predicted octanol–water partition coefficient (Wildman–Crippen LogP) is 4.10. The summed E-state index contributed by atoms with van der Waals surface area (Å²) in [7, 11) is 0. The Morgan fingerprint density at radius 1 is 1.08 bits per heavy atom. The zero-order valence-electron chi connectivity index (χ0n) is 21.8. The van der Waals surface area contributed by atoms with Gasteiger partial charge < -0.3 is 14.7 Å². The zero-order valence-corrected chi connectivity index (χ0v) is 23.5. The van der Waals surface area contributed by atoms with E-state index in [1.54, 1.807) is 17.0 Å². The van der Waals surface area contributed by atoms with E-state index in [1.807, 2.05) is 65.2 Å². The molecule has 0 saturated carbocycles. The normalized spacial score (nSPS) is 13.3. The van der Waals surface area contributed by atoms with E-state index in [-0.39, 0.29) is 64.9 Å². The number of phenols is 1. The minimum Gasteiger partial charge on any atom is -0.507 e. The molecule has 1 amide bonds. The van der Waals surface area contributed by atoms with Crippen LogP contribution < -0.4 is 11.3 Å². The molecule has 196 valence electrons. The van der Waals surface area contributed by atoms with Crippen molar-refractivity contribution in [1.82, 2.24) is 10.3 Å². The number of carbonyl (C=O) groups is 2. The Bertz CT molecular complexity index is 1130. The highest BCUT2D eigenvalue weighted by atomic mass is 79.9. The number of rotatable bonds is 7. The maximum Gasteiger partial charge on any atom is 0.259 e. The number of ether oxygens (including phenoxy) is 1. The number of benzene rings is 2. The summed E-state index contributed by atoms with van der Waals surface area (Å²) in [6.07, 6.45) is 0. The van der Waals surface area contributed by atoms with Crippen LogP contribution in [0.15, 0.2) is 30.3 Å². The largest absolute Gasteiger partial charge is 0.507 e. The fourth-order valence-electron chi connectivity index (χ4n) is 4.17. The smallest absolute Gasteiger partial charge is 0.259 e. The molecule has 3 rings (SSSR count). The lowest BCUT2D eigenvalue weighted by atomic mass is 9.78. The van der Waals surface area contributed by atoms with E-state index in [2.05, 4.69) is 0 Å². The van der Waals surface area contributed by atoms with Gasteiger partial charge in [0.05, 0.1) is 13.2 Å². The number of Topliss-reactive ketones (excluding diaryl/α,β-unsaturated/α-hetero) is 1. The number of ketones is 1. The number of nitrogens with one attached hydrogen (secondary N) is 2. The number of fused-ring (bicyclic) bond motifs is 1. The van der Waals surface area contributed by atoms with E-state index < -0.39 is 5.91 Å². The quantitative estimate of drug-likeness (QED) is 0.175. The maximum absolute atomic E-state index is 13.4. The van der Waals surface area contributed by atoms with Crippen molar-refractivity contribution < 1.29 is 19.4 Å². The second-order valence-corrected chi connectivity index (χ2v) is 11.1. The monoisotopic (exact) mass is 560 g/mol. The van der Waals surface area contributed by atoms with Crippen molar-refractivity contribution in [3.63, 3.8) is 0 Å². The fourth-order valence-corrected chi connectivity index (χ4v) is 4.17. The lowest BCUT2D eigenvalue weighted by Crippen LogP contribution is -2.33. The van der Waals surface area contributed by atoms with Crippen LogP contribution >= 0.6 is 17.0 Å². The SMILES string of the molecule is Br.CC(C)(C)c1cc(C(=O)CN2Cc3ccc(COCC(=O)NN)cc3C2=N)cc(C(C)(C)C)c1O. The van der Waals surface area contributed by atoms with Gasteiger partial charge in [-0.15, -0.1) is 17.0 Å². The lowest BCUT2D eigenvalue weighted by molar-refractivity contribution is -0.126. The summed E-state index contributed by atoms with van der Waals surface area (Å²) in [5.41, 5.74) is 5.89. The second-order valence-electron chi connectivity index (χ2n) is 11.1. The number of phenolic OH excluding ortho intramolecular Hbond substituents is 1. The van der Waals surface area contributed by atoms with Crippen LogP contribution in [0.25, 0.3) is 0 Å². The first-order chi connectivity index (χ1) is 16.2. The third-order valence-electron chi connectivity index (χ3n) is 6.15. The summed E-state index contributed by atoms with van der Waals surface area (Å²) < 4.78 is 5.35. The van der Waals surface area contributed by atoms with Crippen molar-refractivity contribution in [2.75, 3.05) is 13.2 Å². The third kappa shape index (κ3) is 6.52. The van der Waals surface area contributed by atoms with E-state index in [4.69, 9.17) is 16.0 Å². The molecule has 0 aromatic heterocycles. The van der Waals surface area contributed by atoms with E-state index >= 15 is 0 Å². The van der Waals surface area contributed by atoms with Gasteiger partial charge in [0.25, 0.3) is 5.91 Å². The van der Waals surface area contributed by atoms with Crippen molar-refractivity contribution in [3.8, 4) is 5.75 Å². The first-order valence-corrected chi connectivity index (χ1v) is 11.7. The van der Waals surface area contributed by atoms with E-state index in [0.717, 1.165) is 27.8 Å². The number of halogens is 1. The van der Waals surface area contributed by atoms with Crippen molar-refractivity contribution in [3.05, 3.63) is 63.7 Å². The van der Waals surface area contributed by atoms with Gasteiger partial charge >= 0.3 is 0 Å². The average molecular weight is 562 g/mol. The Labute approximate surface area is 223 Å². The molecule has 2 aromatic rings. The van der Waals surface area contributed by atoms with E-state index in [1.165, 1.54) is 0 Å². The van der Waals surface area contributed by atoms with Crippen LogP contribution in [0, 0.1) is 5.41 Å². The minimum atomic E-state index is -0.415. The summed E-state index contributed by atoms with van der Waals surface area (Å²) >= 11 is 0. The van der Waals surface area contributed by atoms with Gasteiger partial charge in [0.15, 0.2) is 5.78 Å². The number of amides is 1. The van der Waals surface area contributed by atoms with Gasteiger partial charge in [-0.25, -0.2) is 5.84 Å². The van der Waals surface area contributed by atoms with Crippen LogP contribution in [-0.4, -0.2) is 40.7 Å². The Balaban J connectivity index is 0.00000456. The molecule has 0 radical (unpaired) electrons. The Hall–Kier alpha value is -2.75. The van der Waals surface area contributed by atoms with Crippen molar-refractivity contribution >= 4 is 34.5 Å². The van der Waals surface area contributed by atoms with Gasteiger partial charge in [-0.05, 0) is 40.2 Å². The van der Waals surface area contributed by atoms with Gasteiger partial charge in [0, 0.05) is 28.8 Å². The number of aromatic hydroxyl groups is 1. The molecule has 0 aliphatic carbocycles. The van der Waals surface area contributed by atoms with Gasteiger partial charge in [-0.2, -0.15) is 0 Å². The Morgan fingerprint density at radius 2 is 1.67 bits per heavy atom. The number of hydrazine groups is 1. The van der Waals surface area contributed by atoms with Crippen LogP contribution in [0.2, 0.25) is 0 Å². The molecule has 1 heterocycles. The first kappa shape index (κ1) is 29.5. The summed E-state index contributed by atoms with van der Waals surface area (Å²) in [5.74, 6) is 5.05. The van der Waals surface area contributed by atoms with Crippen LogP contribution in [0.3, 0.4) is 0 Å². The minimum absolute atomic E-state index is 0. The van der Waals surface area contributed by atoms with E-state index in [0.29, 0.717) is 12.1 Å². The molecule has 0 atom stereocenters. The fraction of sp³-hybridized carbons (Fsp3) is 0.444. The number of hydrogen-bond donors (Lipinski definition) is 4. The van der Waals surface area contributed by atoms with E-state index in [9.17, 15) is 14.7 Å². The number of nitrogens with two attached hydrogens (primary N) is 1. The Morgan fingerprint density at radius 3 is 2.19 bits per heavy atom. The summed E-state index contributed by atoms with van der Waals surface area (Å²) in [4.78, 5) is 26.4.